The Balaban J connectivity index is 1.54. The Hall–Kier alpha value is -1.92. The Morgan fingerprint density at radius 1 is 1.19 bits per heavy atom. The molecule has 5 nitrogen and oxygen atoms in total. The fourth-order valence-electron chi connectivity index (χ4n) is 4.54. The van der Waals surface area contributed by atoms with Gasteiger partial charge in [0.1, 0.15) is 0 Å². The minimum Gasteiger partial charge on any atom is -0.481 e. The molecule has 26 heavy (non-hydrogen) atoms. The van der Waals surface area contributed by atoms with Gasteiger partial charge in [-0.1, -0.05) is 23.7 Å². The molecule has 2 bridgehead atoms. The summed E-state index contributed by atoms with van der Waals surface area (Å²) >= 11 is 7.34. The third kappa shape index (κ3) is 3.01. The Kier molecular flexibility index (Phi) is 4.49. The molecular formula is C19H19ClN2O3S. The zero-order valence-corrected chi connectivity index (χ0v) is 15.8. The van der Waals surface area contributed by atoms with Crippen LogP contribution in [0, 0.1) is 30.6 Å². The van der Waals surface area contributed by atoms with Gasteiger partial charge >= 0.3 is 5.97 Å². The first-order valence-corrected chi connectivity index (χ1v) is 9.90. The zero-order chi connectivity index (χ0) is 18.4. The van der Waals surface area contributed by atoms with Crippen LogP contribution < -0.4 is 5.32 Å². The number of thiazole rings is 1. The third-order valence-corrected chi connectivity index (χ3v) is 6.79. The summed E-state index contributed by atoms with van der Waals surface area (Å²) in [4.78, 5) is 30.0. The Bertz CT molecular complexity index is 864. The molecule has 1 aromatic carbocycles. The summed E-state index contributed by atoms with van der Waals surface area (Å²) in [6.07, 6.45) is 2.71. The number of carbonyl (C=O) groups is 2. The molecular weight excluding hydrogens is 372 g/mol. The number of carbonyl (C=O) groups excluding carboxylic acids is 1. The van der Waals surface area contributed by atoms with Crippen molar-refractivity contribution in [3.8, 4) is 11.3 Å². The molecule has 2 aliphatic rings. The van der Waals surface area contributed by atoms with Gasteiger partial charge in [-0.2, -0.15) is 0 Å². The van der Waals surface area contributed by atoms with Crippen LogP contribution in [0.5, 0.6) is 0 Å². The quantitative estimate of drug-likeness (QED) is 0.807. The standard InChI is InChI=1S/C19H19ClN2O3S/c1-9-16(10-4-6-13(20)7-5-10)21-19(26-9)22-17(23)14-11-2-3-12(8-11)15(14)18(24)25/h4-7,11-12,14-15H,2-3,8H2,1H3,(H,24,25)(H,21,22,23)/t11-,12-,14-,15-/m0/s1. The van der Waals surface area contributed by atoms with E-state index in [1.54, 1.807) is 12.1 Å². The lowest BCUT2D eigenvalue weighted by Gasteiger charge is -2.26. The predicted octanol–water partition coefficient (Wildman–Crippen LogP) is 4.46. The van der Waals surface area contributed by atoms with Gasteiger partial charge in [-0.05, 0) is 50.2 Å². The largest absolute Gasteiger partial charge is 0.481 e. The molecule has 136 valence electrons. The number of anilines is 1. The maximum Gasteiger partial charge on any atom is 0.307 e. The Morgan fingerprint density at radius 3 is 2.50 bits per heavy atom. The van der Waals surface area contributed by atoms with Crippen LogP contribution in [0.2, 0.25) is 5.02 Å². The van der Waals surface area contributed by atoms with Gasteiger partial charge in [0.15, 0.2) is 5.13 Å². The van der Waals surface area contributed by atoms with Crippen LogP contribution in [-0.4, -0.2) is 22.0 Å². The van der Waals surface area contributed by atoms with Crippen LogP contribution in [0.25, 0.3) is 11.3 Å². The van der Waals surface area contributed by atoms with Crippen LogP contribution in [0.4, 0.5) is 5.13 Å². The highest BCUT2D eigenvalue weighted by Crippen LogP contribution is 2.52. The second-order valence-electron chi connectivity index (χ2n) is 7.14. The molecule has 2 N–H and O–H groups in total. The molecule has 0 radical (unpaired) electrons. The molecule has 0 spiro atoms. The van der Waals surface area contributed by atoms with E-state index in [0.717, 1.165) is 35.4 Å². The van der Waals surface area contributed by atoms with Gasteiger partial charge in [0.05, 0.1) is 17.5 Å². The van der Waals surface area contributed by atoms with E-state index < -0.39 is 17.8 Å². The van der Waals surface area contributed by atoms with Crippen LogP contribution in [0.1, 0.15) is 24.1 Å². The summed E-state index contributed by atoms with van der Waals surface area (Å²) in [6, 6.07) is 7.40. The van der Waals surface area contributed by atoms with E-state index in [0.29, 0.717) is 10.2 Å². The van der Waals surface area contributed by atoms with Gasteiger partial charge in [-0.3, -0.25) is 9.59 Å². The summed E-state index contributed by atoms with van der Waals surface area (Å²) in [5, 5.41) is 13.6. The molecule has 7 heteroatoms. The minimum absolute atomic E-state index is 0.135. The number of benzene rings is 1. The lowest BCUT2D eigenvalue weighted by molar-refractivity contribution is -0.148. The Morgan fingerprint density at radius 2 is 1.85 bits per heavy atom. The number of hydrogen-bond acceptors (Lipinski definition) is 4. The highest BCUT2D eigenvalue weighted by molar-refractivity contribution is 7.16. The fourth-order valence-corrected chi connectivity index (χ4v) is 5.50. The number of carboxylic acid groups (broad SMARTS) is 1. The number of aromatic nitrogens is 1. The van der Waals surface area contributed by atoms with E-state index in [1.807, 2.05) is 19.1 Å². The molecule has 1 amide bonds. The van der Waals surface area contributed by atoms with Crippen molar-refractivity contribution in [3.05, 3.63) is 34.2 Å². The van der Waals surface area contributed by atoms with Gasteiger partial charge in [-0.25, -0.2) is 4.98 Å². The first kappa shape index (κ1) is 17.5. The topological polar surface area (TPSA) is 79.3 Å². The Labute approximate surface area is 160 Å². The fraction of sp³-hybridized carbons (Fsp3) is 0.421. The smallest absolute Gasteiger partial charge is 0.307 e. The van der Waals surface area contributed by atoms with E-state index in [-0.39, 0.29) is 17.7 Å². The zero-order valence-electron chi connectivity index (χ0n) is 14.2. The molecule has 2 fully saturated rings. The van der Waals surface area contributed by atoms with Crippen molar-refractivity contribution in [1.82, 2.24) is 4.98 Å². The van der Waals surface area contributed by atoms with Crippen molar-refractivity contribution >= 4 is 39.9 Å². The third-order valence-electron chi connectivity index (χ3n) is 5.65. The highest BCUT2D eigenvalue weighted by atomic mass is 35.5. The normalized spacial score (nSPS) is 26.8. The van der Waals surface area contributed by atoms with Gasteiger partial charge in [-0.15, -0.1) is 11.3 Å². The number of hydrogen-bond donors (Lipinski definition) is 2. The lowest BCUT2D eigenvalue weighted by Crippen LogP contribution is -2.37. The number of amides is 1. The molecule has 0 saturated heterocycles. The molecule has 1 aromatic heterocycles. The molecule has 0 aliphatic heterocycles. The van der Waals surface area contributed by atoms with Crippen LogP contribution in [0.15, 0.2) is 24.3 Å². The minimum atomic E-state index is -0.852. The number of rotatable bonds is 4. The molecule has 1 heterocycles. The van der Waals surface area contributed by atoms with Crippen LogP contribution in [0.3, 0.4) is 0 Å². The van der Waals surface area contributed by atoms with Crippen molar-refractivity contribution in [3.63, 3.8) is 0 Å². The van der Waals surface area contributed by atoms with Crippen LogP contribution >= 0.6 is 22.9 Å². The monoisotopic (exact) mass is 390 g/mol. The SMILES string of the molecule is Cc1sc(NC(=O)[C@H]2[C@H]3CC[C@@H](C3)[C@@H]2C(=O)O)nc1-c1ccc(Cl)cc1. The second kappa shape index (κ2) is 6.67. The van der Waals surface area contributed by atoms with Gasteiger partial charge in [0, 0.05) is 15.5 Å². The average molecular weight is 391 g/mol. The first-order valence-electron chi connectivity index (χ1n) is 8.71. The van der Waals surface area contributed by atoms with Gasteiger partial charge in [0.25, 0.3) is 0 Å². The highest BCUT2D eigenvalue weighted by Gasteiger charge is 2.54. The van der Waals surface area contributed by atoms with Crippen molar-refractivity contribution in [2.45, 2.75) is 26.2 Å². The van der Waals surface area contributed by atoms with E-state index in [2.05, 4.69) is 10.3 Å². The molecule has 4 atom stereocenters. The van der Waals surface area contributed by atoms with E-state index >= 15 is 0 Å². The molecule has 2 aromatic rings. The molecule has 0 unspecified atom stereocenters. The summed E-state index contributed by atoms with van der Waals surface area (Å²) in [5.74, 6) is -1.76. The maximum absolute atomic E-state index is 12.8. The molecule has 2 aliphatic carbocycles. The summed E-state index contributed by atoms with van der Waals surface area (Å²) in [6.45, 7) is 1.95. The number of carboxylic acids is 1. The molecule has 4 rings (SSSR count). The predicted molar refractivity (Wildman–Crippen MR) is 101 cm³/mol. The van der Waals surface area contributed by atoms with Crippen LogP contribution in [-0.2, 0) is 9.59 Å². The number of fused-ring (bicyclic) bond motifs is 2. The van der Waals surface area contributed by atoms with Gasteiger partial charge < -0.3 is 10.4 Å². The van der Waals surface area contributed by atoms with E-state index in [9.17, 15) is 14.7 Å². The number of halogens is 1. The summed E-state index contributed by atoms with van der Waals surface area (Å²) in [7, 11) is 0. The first-order chi connectivity index (χ1) is 12.4. The van der Waals surface area contributed by atoms with Crippen molar-refractivity contribution < 1.29 is 14.7 Å². The van der Waals surface area contributed by atoms with Crippen molar-refractivity contribution in [2.24, 2.45) is 23.7 Å². The lowest BCUT2D eigenvalue weighted by atomic mass is 9.79. The molecule has 2 saturated carbocycles. The van der Waals surface area contributed by atoms with E-state index in [4.69, 9.17) is 11.6 Å². The summed E-state index contributed by atoms with van der Waals surface area (Å²) < 4.78 is 0. The number of aliphatic carboxylic acids is 1. The number of aryl methyl sites for hydroxylation is 1. The number of nitrogens with one attached hydrogen (secondary N) is 1. The van der Waals surface area contributed by atoms with Crippen molar-refractivity contribution in [2.75, 3.05) is 5.32 Å². The number of nitrogens with zero attached hydrogens (tertiary/aromatic N) is 1. The maximum atomic E-state index is 12.8. The van der Waals surface area contributed by atoms with Crippen molar-refractivity contribution in [1.29, 1.82) is 0 Å². The second-order valence-corrected chi connectivity index (χ2v) is 8.78. The van der Waals surface area contributed by atoms with Gasteiger partial charge in [0.2, 0.25) is 5.91 Å². The summed E-state index contributed by atoms with van der Waals surface area (Å²) in [5.41, 5.74) is 1.75. The average Bonchev–Trinajstić information content (AvgIpc) is 3.29. The van der Waals surface area contributed by atoms with E-state index in [1.165, 1.54) is 11.3 Å².